The lowest BCUT2D eigenvalue weighted by Crippen LogP contribution is -2.51. The number of carbonyl (C=O) groups excluding carboxylic acids is 2. The van der Waals surface area contributed by atoms with E-state index < -0.39 is 23.2 Å². The van der Waals surface area contributed by atoms with Gasteiger partial charge in [-0.3, -0.25) is 14.4 Å². The summed E-state index contributed by atoms with van der Waals surface area (Å²) in [5.74, 6) is -0.491. The van der Waals surface area contributed by atoms with Crippen LogP contribution in [0.15, 0.2) is 41.7 Å². The topological polar surface area (TPSA) is 169 Å². The van der Waals surface area contributed by atoms with Crippen LogP contribution in [0.1, 0.15) is 40.9 Å². The Kier molecular flexibility index (Phi) is 8.73. The predicted octanol–water partition coefficient (Wildman–Crippen LogP) is 3.20. The summed E-state index contributed by atoms with van der Waals surface area (Å²) in [7, 11) is 0. The number of rotatable bonds is 7. The number of halogens is 4. The fourth-order valence-corrected chi connectivity index (χ4v) is 6.36. The standard InChI is InChI=1S/C31H29ClF3N11O4/c1-2-21-25(43-7-9-44(10-8-43)28(48)24-23-27(38-15-36-23)39-16-37-24)29(49)46-30(41-26(42-46)17-5-11-50-12-6-17)45(21)14-22(47)40-20-4-3-18(13-19(20)32)31(33,34)35/h3-5,13,15-16H,2,6-12,14H2,1H3,(H,40,47)(H,36,37,38,39). The third kappa shape index (κ3) is 6.15. The van der Waals surface area contributed by atoms with Gasteiger partial charge in [-0.15, -0.1) is 5.10 Å². The van der Waals surface area contributed by atoms with Gasteiger partial charge in [0.15, 0.2) is 17.2 Å². The van der Waals surface area contributed by atoms with Crippen LogP contribution in [0.2, 0.25) is 5.02 Å². The molecule has 4 aromatic heterocycles. The van der Waals surface area contributed by atoms with Gasteiger partial charge in [-0.2, -0.15) is 22.7 Å². The van der Waals surface area contributed by atoms with Crippen molar-refractivity contribution in [2.45, 2.75) is 32.5 Å². The zero-order valence-electron chi connectivity index (χ0n) is 26.5. The minimum atomic E-state index is -4.60. The van der Waals surface area contributed by atoms with Crippen LogP contribution in [0.25, 0.3) is 22.5 Å². The maximum Gasteiger partial charge on any atom is 0.416 e. The van der Waals surface area contributed by atoms with Gasteiger partial charge < -0.3 is 29.4 Å². The number of hydrogen-bond acceptors (Lipinski definition) is 10. The van der Waals surface area contributed by atoms with E-state index in [1.54, 1.807) is 9.47 Å². The molecule has 260 valence electrons. The monoisotopic (exact) mass is 711 g/mol. The molecule has 1 saturated heterocycles. The highest BCUT2D eigenvalue weighted by Gasteiger charge is 2.32. The van der Waals surface area contributed by atoms with Gasteiger partial charge in [-0.05, 0) is 36.6 Å². The molecule has 1 fully saturated rings. The second-order valence-electron chi connectivity index (χ2n) is 11.6. The summed E-state index contributed by atoms with van der Waals surface area (Å²) in [6.07, 6.45) is 0.784. The molecule has 1 aromatic carbocycles. The lowest BCUT2D eigenvalue weighted by molar-refractivity contribution is -0.137. The third-order valence-electron chi connectivity index (χ3n) is 8.59. The van der Waals surface area contributed by atoms with Gasteiger partial charge in [0.05, 0.1) is 41.5 Å². The van der Waals surface area contributed by atoms with Gasteiger partial charge in [0, 0.05) is 26.2 Å². The Balaban J connectivity index is 1.22. The minimum absolute atomic E-state index is 0.00796. The first-order valence-corrected chi connectivity index (χ1v) is 16.1. The molecular weight excluding hydrogens is 683 g/mol. The number of carbonyl (C=O) groups is 2. The summed E-state index contributed by atoms with van der Waals surface area (Å²) in [6, 6.07) is 2.65. The number of aromatic nitrogens is 8. The molecule has 15 nitrogen and oxygen atoms in total. The van der Waals surface area contributed by atoms with Crippen molar-refractivity contribution in [3.05, 3.63) is 75.1 Å². The van der Waals surface area contributed by atoms with Crippen LogP contribution in [-0.4, -0.2) is 95.2 Å². The molecule has 0 bridgehead atoms. The normalized spacial score (nSPS) is 15.5. The second kappa shape index (κ2) is 13.2. The van der Waals surface area contributed by atoms with E-state index in [1.165, 1.54) is 12.7 Å². The molecule has 2 aliphatic heterocycles. The van der Waals surface area contributed by atoms with Crippen molar-refractivity contribution in [1.82, 2.24) is 44.0 Å². The first kappa shape index (κ1) is 33.2. The van der Waals surface area contributed by atoms with E-state index in [9.17, 15) is 27.6 Å². The van der Waals surface area contributed by atoms with E-state index in [2.05, 4.69) is 35.3 Å². The van der Waals surface area contributed by atoms with Crippen LogP contribution in [-0.2, 0) is 28.7 Å². The lowest BCUT2D eigenvalue weighted by atomic mass is 10.1. The average molecular weight is 712 g/mol. The molecule has 2 N–H and O–H groups in total. The van der Waals surface area contributed by atoms with E-state index in [0.29, 0.717) is 54.4 Å². The van der Waals surface area contributed by atoms with E-state index >= 15 is 0 Å². The van der Waals surface area contributed by atoms with Crippen molar-refractivity contribution in [1.29, 1.82) is 0 Å². The first-order valence-electron chi connectivity index (χ1n) is 15.7. The van der Waals surface area contributed by atoms with E-state index in [4.69, 9.17) is 16.3 Å². The highest BCUT2D eigenvalue weighted by molar-refractivity contribution is 6.33. The SMILES string of the molecule is CCc1c(N2CCN(C(=O)c3ncnc4nc[nH]c34)CC2)c(=O)n2nc(C3=CCOCC3)nc2n1CC(=O)Nc1ccc(C(F)(F)F)cc1Cl. The molecule has 6 heterocycles. The van der Waals surface area contributed by atoms with Gasteiger partial charge in [-0.25, -0.2) is 15.0 Å². The molecule has 0 saturated carbocycles. The summed E-state index contributed by atoms with van der Waals surface area (Å²) >= 11 is 6.12. The maximum absolute atomic E-state index is 14.2. The highest BCUT2D eigenvalue weighted by atomic mass is 35.5. The number of fused-ring (bicyclic) bond motifs is 2. The molecule has 19 heteroatoms. The second-order valence-corrected chi connectivity index (χ2v) is 12.0. The van der Waals surface area contributed by atoms with Crippen molar-refractivity contribution in [2.75, 3.05) is 49.6 Å². The van der Waals surface area contributed by atoms with Crippen LogP contribution >= 0.6 is 11.6 Å². The maximum atomic E-state index is 14.2. The minimum Gasteiger partial charge on any atom is -0.377 e. The molecular formula is C31H29ClF3N11O4. The molecule has 7 rings (SSSR count). The zero-order chi connectivity index (χ0) is 35.2. The van der Waals surface area contributed by atoms with Crippen molar-refractivity contribution >= 4 is 57.3 Å². The summed E-state index contributed by atoms with van der Waals surface area (Å²) in [5, 5.41) is 6.85. The van der Waals surface area contributed by atoms with Gasteiger partial charge in [0.2, 0.25) is 11.7 Å². The summed E-state index contributed by atoms with van der Waals surface area (Å²) in [5.41, 5.74) is 1.16. The molecule has 0 aliphatic carbocycles. The highest BCUT2D eigenvalue weighted by Crippen LogP contribution is 2.34. The van der Waals surface area contributed by atoms with Crippen LogP contribution in [0, 0.1) is 0 Å². The Bertz CT molecular complexity index is 2220. The van der Waals surface area contributed by atoms with Gasteiger partial charge in [0.25, 0.3) is 11.5 Å². The Morgan fingerprint density at radius 3 is 2.62 bits per heavy atom. The van der Waals surface area contributed by atoms with Crippen molar-refractivity contribution in [3.8, 4) is 0 Å². The number of alkyl halides is 3. The van der Waals surface area contributed by atoms with Crippen LogP contribution < -0.4 is 15.8 Å². The molecule has 5 aromatic rings. The summed E-state index contributed by atoms with van der Waals surface area (Å²) in [6.45, 7) is 3.39. The van der Waals surface area contributed by atoms with Gasteiger partial charge in [0.1, 0.15) is 24.1 Å². The number of imidazole rings is 1. The molecule has 50 heavy (non-hydrogen) atoms. The molecule has 0 atom stereocenters. The zero-order valence-corrected chi connectivity index (χ0v) is 27.3. The Hall–Kier alpha value is -5.36. The van der Waals surface area contributed by atoms with Crippen LogP contribution in [0.5, 0.6) is 0 Å². The Morgan fingerprint density at radius 2 is 1.92 bits per heavy atom. The lowest BCUT2D eigenvalue weighted by Gasteiger charge is -2.36. The van der Waals surface area contributed by atoms with Crippen molar-refractivity contribution in [2.24, 2.45) is 0 Å². The average Bonchev–Trinajstić information content (AvgIpc) is 3.78. The molecule has 2 amide bonds. The number of ether oxygens (including phenoxy) is 1. The van der Waals surface area contributed by atoms with Crippen molar-refractivity contribution < 1.29 is 27.5 Å². The number of aromatic amines is 1. The van der Waals surface area contributed by atoms with Gasteiger partial charge in [-0.1, -0.05) is 24.6 Å². The third-order valence-corrected chi connectivity index (χ3v) is 8.90. The molecule has 0 spiro atoms. The fourth-order valence-electron chi connectivity index (χ4n) is 6.13. The number of anilines is 2. The van der Waals surface area contributed by atoms with Crippen LogP contribution in [0.4, 0.5) is 24.5 Å². The van der Waals surface area contributed by atoms with Crippen molar-refractivity contribution in [3.63, 3.8) is 0 Å². The van der Waals surface area contributed by atoms with Gasteiger partial charge >= 0.3 is 6.18 Å². The Labute approximate surface area is 285 Å². The predicted molar refractivity (Wildman–Crippen MR) is 175 cm³/mol. The number of benzene rings is 1. The number of nitrogens with zero attached hydrogens (tertiary/aromatic N) is 9. The number of hydrogen-bond donors (Lipinski definition) is 2. The quantitative estimate of drug-likeness (QED) is 0.256. The number of piperazine rings is 1. The summed E-state index contributed by atoms with van der Waals surface area (Å²) in [4.78, 5) is 64.5. The molecule has 0 unspecified atom stereocenters. The van der Waals surface area contributed by atoms with Crippen LogP contribution in [0.3, 0.4) is 0 Å². The van der Waals surface area contributed by atoms with E-state index in [-0.39, 0.29) is 60.8 Å². The fraction of sp³-hybridized carbons (Fsp3) is 0.355. The Morgan fingerprint density at radius 1 is 1.12 bits per heavy atom. The first-order chi connectivity index (χ1) is 24.0. The molecule has 0 radical (unpaired) electrons. The largest absolute Gasteiger partial charge is 0.416 e. The van der Waals surface area contributed by atoms with E-state index in [0.717, 1.165) is 28.3 Å². The number of nitrogens with one attached hydrogen (secondary N) is 2. The number of H-pyrrole nitrogens is 1. The smallest absolute Gasteiger partial charge is 0.377 e. The number of amides is 2. The van der Waals surface area contributed by atoms with E-state index in [1.807, 2.05) is 17.9 Å². The molecule has 2 aliphatic rings. The summed E-state index contributed by atoms with van der Waals surface area (Å²) < 4.78 is 47.7.